The number of carbonyl (C=O) groups excluding carboxylic acids is 2. The number of phenols is 1. The topological polar surface area (TPSA) is 87.1 Å². The molecule has 0 saturated carbocycles. The number of ether oxygens (including phenoxy) is 1. The Morgan fingerprint density at radius 2 is 1.50 bits per heavy atom. The van der Waals surface area contributed by atoms with Crippen LogP contribution >= 0.6 is 0 Å². The maximum Gasteiger partial charge on any atom is 0.295 e. The van der Waals surface area contributed by atoms with E-state index in [-0.39, 0.29) is 17.1 Å². The first-order valence-electron chi connectivity index (χ1n) is 13.2. The molecule has 194 valence electrons. The quantitative estimate of drug-likeness (QED) is 0.132. The number of rotatable bonds is 14. The molecule has 3 rings (SSSR count). The molecular weight excluding hydrogens is 454 g/mol. The first-order valence-corrected chi connectivity index (χ1v) is 13.2. The SMILES string of the molecule is CCCCCCCCCCCCN1C(=O)C(=O)/C(=C(\O)c2ccc(OC)cc2)C1c1cccc(O)c1. The van der Waals surface area contributed by atoms with Gasteiger partial charge in [-0.1, -0.05) is 76.8 Å². The number of methoxy groups -OCH3 is 1. The van der Waals surface area contributed by atoms with E-state index in [0.29, 0.717) is 23.4 Å². The number of nitrogens with zero attached hydrogens (tertiary/aromatic N) is 1. The van der Waals surface area contributed by atoms with Crippen LogP contribution < -0.4 is 4.74 Å². The van der Waals surface area contributed by atoms with E-state index in [1.54, 1.807) is 55.6 Å². The zero-order valence-electron chi connectivity index (χ0n) is 21.5. The molecule has 1 aliphatic heterocycles. The van der Waals surface area contributed by atoms with Crippen LogP contribution in [0.15, 0.2) is 54.1 Å². The minimum Gasteiger partial charge on any atom is -0.508 e. The molecule has 36 heavy (non-hydrogen) atoms. The molecule has 2 aromatic rings. The smallest absolute Gasteiger partial charge is 0.295 e. The number of phenolic OH excluding ortho intramolecular Hbond substituents is 1. The van der Waals surface area contributed by atoms with E-state index < -0.39 is 17.7 Å². The summed E-state index contributed by atoms with van der Waals surface area (Å²) in [6.45, 7) is 2.64. The molecule has 0 bridgehead atoms. The third-order valence-electron chi connectivity index (χ3n) is 6.84. The molecule has 0 aliphatic carbocycles. The van der Waals surface area contributed by atoms with E-state index in [0.717, 1.165) is 19.3 Å². The monoisotopic (exact) mass is 493 g/mol. The van der Waals surface area contributed by atoms with Crippen LogP contribution in [-0.2, 0) is 9.59 Å². The Balaban J connectivity index is 1.73. The van der Waals surface area contributed by atoms with Gasteiger partial charge < -0.3 is 19.8 Å². The molecule has 1 fully saturated rings. The molecule has 0 spiro atoms. The lowest BCUT2D eigenvalue weighted by atomic mass is 9.95. The average molecular weight is 494 g/mol. The van der Waals surface area contributed by atoms with Gasteiger partial charge in [0, 0.05) is 12.1 Å². The van der Waals surface area contributed by atoms with Gasteiger partial charge in [0.1, 0.15) is 17.3 Å². The summed E-state index contributed by atoms with van der Waals surface area (Å²) in [7, 11) is 1.55. The first kappa shape index (κ1) is 27.3. The highest BCUT2D eigenvalue weighted by atomic mass is 16.5. The average Bonchev–Trinajstić information content (AvgIpc) is 3.14. The van der Waals surface area contributed by atoms with Gasteiger partial charge in [0.15, 0.2) is 0 Å². The largest absolute Gasteiger partial charge is 0.508 e. The fraction of sp³-hybridized carbons (Fsp3) is 0.467. The third kappa shape index (κ3) is 6.90. The number of ketones is 1. The van der Waals surface area contributed by atoms with Crippen LogP contribution in [0.25, 0.3) is 5.76 Å². The van der Waals surface area contributed by atoms with Crippen molar-refractivity contribution >= 4 is 17.4 Å². The van der Waals surface area contributed by atoms with Crippen molar-refractivity contribution in [3.63, 3.8) is 0 Å². The van der Waals surface area contributed by atoms with Crippen molar-refractivity contribution in [1.82, 2.24) is 4.90 Å². The highest BCUT2D eigenvalue weighted by Crippen LogP contribution is 2.40. The fourth-order valence-electron chi connectivity index (χ4n) is 4.83. The van der Waals surface area contributed by atoms with Crippen molar-refractivity contribution in [2.24, 2.45) is 0 Å². The Hall–Kier alpha value is -3.28. The minimum atomic E-state index is -0.752. The van der Waals surface area contributed by atoms with Crippen LogP contribution in [0.5, 0.6) is 11.5 Å². The number of aliphatic hydroxyl groups excluding tert-OH is 1. The number of likely N-dealkylation sites (tertiary alicyclic amines) is 1. The van der Waals surface area contributed by atoms with Gasteiger partial charge in [-0.05, 0) is 48.4 Å². The number of hydrogen-bond donors (Lipinski definition) is 2. The summed E-state index contributed by atoms with van der Waals surface area (Å²) in [4.78, 5) is 27.7. The van der Waals surface area contributed by atoms with Crippen LogP contribution in [0.4, 0.5) is 0 Å². The number of amides is 1. The van der Waals surface area contributed by atoms with Crippen molar-refractivity contribution in [3.05, 3.63) is 65.2 Å². The number of aliphatic hydroxyl groups is 1. The van der Waals surface area contributed by atoms with E-state index >= 15 is 0 Å². The van der Waals surface area contributed by atoms with Crippen molar-refractivity contribution in [1.29, 1.82) is 0 Å². The zero-order chi connectivity index (χ0) is 25.9. The van der Waals surface area contributed by atoms with E-state index in [1.807, 2.05) is 0 Å². The second-order valence-electron chi connectivity index (χ2n) is 9.50. The lowest BCUT2D eigenvalue weighted by Crippen LogP contribution is -2.30. The standard InChI is InChI=1S/C30H39NO5/c1-3-4-5-6-7-8-9-10-11-12-20-31-27(23-14-13-15-24(32)21-23)26(29(34)30(31)35)28(33)22-16-18-25(36-2)19-17-22/h13-19,21,27,32-33H,3-12,20H2,1-2H3/b28-26-. The van der Waals surface area contributed by atoms with Crippen LogP contribution in [0.2, 0.25) is 0 Å². The van der Waals surface area contributed by atoms with Crippen molar-refractivity contribution in [2.45, 2.75) is 77.2 Å². The summed E-state index contributed by atoms with van der Waals surface area (Å²) in [5.41, 5.74) is 1.07. The molecule has 2 aromatic carbocycles. The van der Waals surface area contributed by atoms with Gasteiger partial charge in [-0.25, -0.2) is 0 Å². The maximum absolute atomic E-state index is 13.1. The second kappa shape index (κ2) is 13.7. The van der Waals surface area contributed by atoms with Gasteiger partial charge in [-0.15, -0.1) is 0 Å². The maximum atomic E-state index is 13.1. The van der Waals surface area contributed by atoms with Gasteiger partial charge in [0.05, 0.1) is 18.7 Å². The highest BCUT2D eigenvalue weighted by Gasteiger charge is 2.45. The van der Waals surface area contributed by atoms with Crippen LogP contribution in [-0.4, -0.2) is 40.5 Å². The Morgan fingerprint density at radius 1 is 0.889 bits per heavy atom. The number of carbonyl (C=O) groups is 2. The lowest BCUT2D eigenvalue weighted by molar-refractivity contribution is -0.139. The molecule has 2 N–H and O–H groups in total. The van der Waals surface area contributed by atoms with Gasteiger partial charge in [0.2, 0.25) is 0 Å². The van der Waals surface area contributed by atoms with Crippen molar-refractivity contribution < 1.29 is 24.5 Å². The van der Waals surface area contributed by atoms with E-state index in [4.69, 9.17) is 4.74 Å². The highest BCUT2D eigenvalue weighted by molar-refractivity contribution is 6.46. The number of hydrogen-bond acceptors (Lipinski definition) is 5. The first-order chi connectivity index (χ1) is 17.5. The molecule has 1 heterocycles. The van der Waals surface area contributed by atoms with Gasteiger partial charge in [-0.2, -0.15) is 0 Å². The lowest BCUT2D eigenvalue weighted by Gasteiger charge is -2.25. The molecule has 1 amide bonds. The number of aromatic hydroxyl groups is 1. The van der Waals surface area contributed by atoms with E-state index in [1.165, 1.54) is 49.8 Å². The molecule has 6 heteroatoms. The minimum absolute atomic E-state index is 0.0430. The molecule has 0 radical (unpaired) electrons. The van der Waals surface area contributed by atoms with Crippen molar-refractivity contribution in [2.75, 3.05) is 13.7 Å². The Morgan fingerprint density at radius 3 is 2.08 bits per heavy atom. The summed E-state index contributed by atoms with van der Waals surface area (Å²) in [5, 5.41) is 21.2. The van der Waals surface area contributed by atoms with E-state index in [9.17, 15) is 19.8 Å². The predicted octanol–water partition coefficient (Wildman–Crippen LogP) is 6.74. The van der Waals surface area contributed by atoms with Gasteiger partial charge >= 0.3 is 0 Å². The van der Waals surface area contributed by atoms with E-state index in [2.05, 4.69) is 6.92 Å². The van der Waals surface area contributed by atoms with Gasteiger partial charge in [-0.3, -0.25) is 9.59 Å². The number of unbranched alkanes of at least 4 members (excludes halogenated alkanes) is 9. The fourth-order valence-corrected chi connectivity index (χ4v) is 4.83. The van der Waals surface area contributed by atoms with Crippen LogP contribution in [0, 0.1) is 0 Å². The Labute approximate surface area is 214 Å². The zero-order valence-corrected chi connectivity index (χ0v) is 21.5. The Bertz CT molecular complexity index is 1040. The summed E-state index contributed by atoms with van der Waals surface area (Å²) in [6.07, 6.45) is 11.7. The molecule has 6 nitrogen and oxygen atoms in total. The summed E-state index contributed by atoms with van der Waals surface area (Å²) >= 11 is 0. The molecule has 1 aliphatic rings. The second-order valence-corrected chi connectivity index (χ2v) is 9.50. The summed E-state index contributed by atoms with van der Waals surface area (Å²) in [6, 6.07) is 12.5. The molecule has 1 atom stereocenters. The number of benzene rings is 2. The van der Waals surface area contributed by atoms with Crippen LogP contribution in [0.1, 0.15) is 88.3 Å². The summed E-state index contributed by atoms with van der Waals surface area (Å²) in [5.74, 6) is -0.882. The molecule has 0 aromatic heterocycles. The molecule has 1 saturated heterocycles. The molecule has 1 unspecified atom stereocenters. The van der Waals surface area contributed by atoms with Crippen molar-refractivity contribution in [3.8, 4) is 11.5 Å². The predicted molar refractivity (Wildman–Crippen MR) is 142 cm³/mol. The normalized spacial score (nSPS) is 17.1. The van der Waals surface area contributed by atoms with Gasteiger partial charge in [0.25, 0.3) is 11.7 Å². The molecular formula is C30H39NO5. The van der Waals surface area contributed by atoms with Crippen LogP contribution in [0.3, 0.4) is 0 Å². The summed E-state index contributed by atoms with van der Waals surface area (Å²) < 4.78 is 5.18. The third-order valence-corrected chi connectivity index (χ3v) is 6.84. The number of Topliss-reactive ketones (excluding diaryl/α,β-unsaturated/α-hetero) is 1. The Kier molecular flexibility index (Phi) is 10.4.